The highest BCUT2D eigenvalue weighted by Gasteiger charge is 2.10. The van der Waals surface area contributed by atoms with Crippen LogP contribution in [0.3, 0.4) is 0 Å². The molecule has 4 nitrogen and oxygen atoms in total. The van der Waals surface area contributed by atoms with Crippen molar-refractivity contribution in [3.63, 3.8) is 0 Å². The first kappa shape index (κ1) is 17.9. The van der Waals surface area contributed by atoms with Gasteiger partial charge in [-0.15, -0.1) is 6.42 Å². The Morgan fingerprint density at radius 3 is 2.69 bits per heavy atom. The van der Waals surface area contributed by atoms with Gasteiger partial charge in [-0.1, -0.05) is 17.3 Å². The zero-order chi connectivity index (χ0) is 18.7. The quantitative estimate of drug-likeness (QED) is 0.653. The van der Waals surface area contributed by atoms with Crippen LogP contribution >= 0.6 is 11.3 Å². The van der Waals surface area contributed by atoms with Crippen molar-refractivity contribution >= 4 is 27.5 Å². The summed E-state index contributed by atoms with van der Waals surface area (Å²) in [6.07, 6.45) is 5.49. The SMILES string of the molecule is C#CCn1c(=NC(=O)c2ccc(OC(C)C)cc2)sc2cc(F)ccc21. The Balaban J connectivity index is 1.99. The van der Waals surface area contributed by atoms with Gasteiger partial charge >= 0.3 is 0 Å². The minimum atomic E-state index is -0.390. The van der Waals surface area contributed by atoms with E-state index in [-0.39, 0.29) is 24.4 Å². The predicted octanol–water partition coefficient (Wildman–Crippen LogP) is 4.00. The molecule has 0 bridgehead atoms. The molecule has 3 aromatic rings. The molecule has 0 aliphatic carbocycles. The molecular formula is C20H17FN2O2S. The Hall–Kier alpha value is -2.91. The summed E-state index contributed by atoms with van der Waals surface area (Å²) in [5, 5.41) is 0. The van der Waals surface area contributed by atoms with Gasteiger partial charge in [-0.3, -0.25) is 4.79 Å². The van der Waals surface area contributed by atoms with Gasteiger partial charge in [0.2, 0.25) is 0 Å². The zero-order valence-electron chi connectivity index (χ0n) is 14.4. The average molecular weight is 368 g/mol. The Morgan fingerprint density at radius 2 is 2.04 bits per heavy atom. The molecule has 0 saturated carbocycles. The van der Waals surface area contributed by atoms with Gasteiger partial charge in [-0.2, -0.15) is 4.99 Å². The number of hydrogen-bond acceptors (Lipinski definition) is 3. The summed E-state index contributed by atoms with van der Waals surface area (Å²) < 4.78 is 21.5. The van der Waals surface area contributed by atoms with Crippen LogP contribution in [0.4, 0.5) is 4.39 Å². The van der Waals surface area contributed by atoms with Crippen LogP contribution in [0.25, 0.3) is 10.2 Å². The summed E-state index contributed by atoms with van der Waals surface area (Å²) in [4.78, 5) is 17.1. The van der Waals surface area contributed by atoms with Crippen LogP contribution in [0.15, 0.2) is 47.5 Å². The van der Waals surface area contributed by atoms with Crippen LogP contribution in [0.2, 0.25) is 0 Å². The predicted molar refractivity (Wildman–Crippen MR) is 101 cm³/mol. The summed E-state index contributed by atoms with van der Waals surface area (Å²) in [5.74, 6) is 2.50. The number of thiazole rings is 1. The molecule has 132 valence electrons. The molecule has 0 unspecified atom stereocenters. The van der Waals surface area contributed by atoms with Gasteiger partial charge in [-0.05, 0) is 56.3 Å². The van der Waals surface area contributed by atoms with Crippen LogP contribution in [0.5, 0.6) is 5.75 Å². The highest BCUT2D eigenvalue weighted by molar-refractivity contribution is 7.16. The van der Waals surface area contributed by atoms with Gasteiger partial charge in [0.15, 0.2) is 4.80 Å². The Labute approximate surface area is 154 Å². The first-order chi connectivity index (χ1) is 12.5. The molecule has 3 rings (SSSR count). The van der Waals surface area contributed by atoms with Crippen molar-refractivity contribution < 1.29 is 13.9 Å². The largest absolute Gasteiger partial charge is 0.491 e. The number of rotatable bonds is 4. The normalized spacial score (nSPS) is 11.7. The molecule has 1 aromatic heterocycles. The molecule has 0 saturated heterocycles. The molecule has 0 radical (unpaired) electrons. The molecule has 26 heavy (non-hydrogen) atoms. The lowest BCUT2D eigenvalue weighted by Gasteiger charge is -2.09. The van der Waals surface area contributed by atoms with Crippen molar-refractivity contribution in [2.75, 3.05) is 0 Å². The van der Waals surface area contributed by atoms with Gasteiger partial charge in [0.1, 0.15) is 11.6 Å². The summed E-state index contributed by atoms with van der Waals surface area (Å²) in [6.45, 7) is 4.12. The topological polar surface area (TPSA) is 43.6 Å². The van der Waals surface area contributed by atoms with E-state index < -0.39 is 0 Å². The fourth-order valence-corrected chi connectivity index (χ4v) is 3.53. The molecule has 0 spiro atoms. The number of nitrogens with zero attached hydrogens (tertiary/aromatic N) is 2. The van der Waals surface area contributed by atoms with E-state index in [0.717, 1.165) is 5.52 Å². The molecule has 0 N–H and O–H groups in total. The van der Waals surface area contributed by atoms with Crippen molar-refractivity contribution in [3.8, 4) is 18.1 Å². The number of fused-ring (bicyclic) bond motifs is 1. The third-order valence-electron chi connectivity index (χ3n) is 3.56. The van der Waals surface area contributed by atoms with Crippen LogP contribution in [-0.2, 0) is 6.54 Å². The lowest BCUT2D eigenvalue weighted by atomic mass is 10.2. The second-order valence-electron chi connectivity index (χ2n) is 5.89. The van der Waals surface area contributed by atoms with Crippen molar-refractivity contribution in [1.29, 1.82) is 0 Å². The second kappa shape index (κ2) is 7.54. The fraction of sp³-hybridized carbons (Fsp3) is 0.200. The smallest absolute Gasteiger partial charge is 0.279 e. The number of terminal acetylenes is 1. The van der Waals surface area contributed by atoms with Crippen molar-refractivity contribution in [3.05, 3.63) is 58.6 Å². The molecule has 0 atom stereocenters. The third-order valence-corrected chi connectivity index (χ3v) is 4.61. The van der Waals surface area contributed by atoms with Crippen molar-refractivity contribution in [1.82, 2.24) is 4.57 Å². The third kappa shape index (κ3) is 3.84. The monoisotopic (exact) mass is 368 g/mol. The van der Waals surface area contributed by atoms with E-state index in [4.69, 9.17) is 11.2 Å². The maximum atomic E-state index is 13.5. The summed E-state index contributed by atoms with van der Waals surface area (Å²) in [7, 11) is 0. The van der Waals surface area contributed by atoms with Crippen molar-refractivity contribution in [2.24, 2.45) is 4.99 Å². The van der Waals surface area contributed by atoms with Crippen molar-refractivity contribution in [2.45, 2.75) is 26.5 Å². The van der Waals surface area contributed by atoms with E-state index in [2.05, 4.69) is 10.9 Å². The van der Waals surface area contributed by atoms with Crippen LogP contribution < -0.4 is 9.54 Å². The first-order valence-corrected chi connectivity index (χ1v) is 8.87. The molecule has 1 heterocycles. The van der Waals surface area contributed by atoms with E-state index in [0.29, 0.717) is 20.8 Å². The lowest BCUT2D eigenvalue weighted by molar-refractivity contribution is 0.0998. The highest BCUT2D eigenvalue weighted by atomic mass is 32.1. The summed E-state index contributed by atoms with van der Waals surface area (Å²) >= 11 is 1.23. The molecule has 0 fully saturated rings. The maximum absolute atomic E-state index is 13.5. The van der Waals surface area contributed by atoms with Gasteiger partial charge in [0.25, 0.3) is 5.91 Å². The minimum Gasteiger partial charge on any atom is -0.491 e. The van der Waals surface area contributed by atoms with Gasteiger partial charge < -0.3 is 9.30 Å². The summed E-state index contributed by atoms with van der Waals surface area (Å²) in [6, 6.07) is 11.2. The molecule has 0 aliphatic heterocycles. The Kier molecular flexibility index (Phi) is 5.19. The number of halogens is 1. The molecule has 6 heteroatoms. The average Bonchev–Trinajstić information content (AvgIpc) is 2.91. The number of hydrogen-bond donors (Lipinski definition) is 0. The molecule has 1 amide bonds. The Bertz CT molecular complexity index is 1060. The standard InChI is InChI=1S/C20H17FN2O2S/c1-4-11-23-17-10-7-15(21)12-18(17)26-20(23)22-19(24)14-5-8-16(9-6-14)25-13(2)3/h1,5-10,12-13H,11H2,2-3H3. The molecule has 2 aromatic carbocycles. The van der Waals surface area contributed by atoms with E-state index in [1.54, 1.807) is 34.9 Å². The first-order valence-electron chi connectivity index (χ1n) is 8.06. The number of amides is 1. The number of carbonyl (C=O) groups is 1. The zero-order valence-corrected chi connectivity index (χ0v) is 15.2. The van der Waals surface area contributed by atoms with Gasteiger partial charge in [0, 0.05) is 5.56 Å². The highest BCUT2D eigenvalue weighted by Crippen LogP contribution is 2.19. The number of carbonyl (C=O) groups excluding carboxylic acids is 1. The number of ether oxygens (including phenoxy) is 1. The van der Waals surface area contributed by atoms with E-state index in [1.165, 1.54) is 23.5 Å². The lowest BCUT2D eigenvalue weighted by Crippen LogP contribution is -2.16. The number of aromatic nitrogens is 1. The van der Waals surface area contributed by atoms with E-state index >= 15 is 0 Å². The summed E-state index contributed by atoms with van der Waals surface area (Å²) in [5.41, 5.74) is 1.19. The maximum Gasteiger partial charge on any atom is 0.279 e. The van der Waals surface area contributed by atoms with E-state index in [9.17, 15) is 9.18 Å². The molecular weight excluding hydrogens is 351 g/mol. The van der Waals surface area contributed by atoms with Crippen LogP contribution in [0.1, 0.15) is 24.2 Å². The number of benzene rings is 2. The molecule has 0 aliphatic rings. The Morgan fingerprint density at radius 1 is 1.31 bits per heavy atom. The van der Waals surface area contributed by atoms with E-state index in [1.807, 2.05) is 13.8 Å². The van der Waals surface area contributed by atoms with Gasteiger partial charge in [-0.25, -0.2) is 4.39 Å². The van der Waals surface area contributed by atoms with Gasteiger partial charge in [0.05, 0.1) is 22.9 Å². The van der Waals surface area contributed by atoms with Crippen LogP contribution in [0, 0.1) is 18.2 Å². The fourth-order valence-electron chi connectivity index (χ4n) is 2.48. The van der Waals surface area contributed by atoms with Crippen LogP contribution in [-0.4, -0.2) is 16.6 Å². The second-order valence-corrected chi connectivity index (χ2v) is 6.90. The minimum absolute atomic E-state index is 0.0582.